The Morgan fingerprint density at radius 3 is 2.24 bits per heavy atom. The monoisotopic (exact) mass is 479 g/mol. The number of nitrogens with zero attached hydrogens (tertiary/aromatic N) is 2. The molecular formula is C24H29N7O2S. The number of nitrogens with two attached hydrogens (primary N) is 2. The average molecular weight is 480 g/mol. The lowest BCUT2D eigenvalue weighted by Gasteiger charge is -2.27. The van der Waals surface area contributed by atoms with Gasteiger partial charge >= 0.3 is 0 Å². The van der Waals surface area contributed by atoms with Gasteiger partial charge in [0.15, 0.2) is 11.9 Å². The van der Waals surface area contributed by atoms with Crippen LogP contribution >= 0.6 is 11.3 Å². The Balaban J connectivity index is 1.44. The van der Waals surface area contributed by atoms with Crippen molar-refractivity contribution < 1.29 is 9.53 Å². The van der Waals surface area contributed by atoms with Crippen LogP contribution in [0.3, 0.4) is 0 Å². The first-order valence-electron chi connectivity index (χ1n) is 11.0. The van der Waals surface area contributed by atoms with Crippen LogP contribution in [0.25, 0.3) is 11.1 Å². The third-order valence-corrected chi connectivity index (χ3v) is 7.03. The largest absolute Gasteiger partial charge is 0.496 e. The molecule has 2 aliphatic rings. The van der Waals surface area contributed by atoms with Crippen molar-refractivity contribution in [2.75, 3.05) is 38.6 Å². The van der Waals surface area contributed by atoms with Crippen LogP contribution in [0.15, 0.2) is 41.8 Å². The first kappa shape index (κ1) is 23.4. The smallest absolute Gasteiger partial charge is 0.265 e. The van der Waals surface area contributed by atoms with Gasteiger partial charge in [-0.1, -0.05) is 12.2 Å². The van der Waals surface area contributed by atoms with E-state index in [-0.39, 0.29) is 17.8 Å². The summed E-state index contributed by atoms with van der Waals surface area (Å²) in [5, 5.41) is 20.1. The summed E-state index contributed by atoms with van der Waals surface area (Å²) in [6.45, 7) is 2.59. The Morgan fingerprint density at radius 2 is 1.68 bits per heavy atom. The number of thiophene rings is 1. The highest BCUT2D eigenvalue weighted by Gasteiger charge is 2.19. The second-order valence-electron chi connectivity index (χ2n) is 8.19. The second-order valence-corrected chi connectivity index (χ2v) is 9.10. The van der Waals surface area contributed by atoms with Gasteiger partial charge < -0.3 is 31.3 Å². The normalized spacial score (nSPS) is 15.9. The fourth-order valence-corrected chi connectivity index (χ4v) is 4.96. The molecule has 1 amide bonds. The number of nitrogens with one attached hydrogen (secondary N) is 3. The zero-order valence-corrected chi connectivity index (χ0v) is 19.9. The molecule has 0 saturated heterocycles. The summed E-state index contributed by atoms with van der Waals surface area (Å²) in [5.41, 5.74) is 16.1. The molecule has 0 saturated carbocycles. The van der Waals surface area contributed by atoms with Gasteiger partial charge in [0, 0.05) is 43.5 Å². The molecule has 1 aromatic heterocycles. The lowest BCUT2D eigenvalue weighted by atomic mass is 9.98. The van der Waals surface area contributed by atoms with E-state index in [9.17, 15) is 4.79 Å². The number of carbonyl (C=O) groups is 1. The van der Waals surface area contributed by atoms with E-state index in [2.05, 4.69) is 17.5 Å². The minimum Gasteiger partial charge on any atom is -0.496 e. The molecule has 0 spiro atoms. The zero-order valence-electron chi connectivity index (χ0n) is 19.1. The van der Waals surface area contributed by atoms with Crippen molar-refractivity contribution in [3.8, 4) is 5.75 Å². The fraction of sp³-hybridized carbons (Fsp3) is 0.292. The Kier molecular flexibility index (Phi) is 6.87. The minimum atomic E-state index is -0.165. The number of guanidine groups is 2. The maximum atomic E-state index is 12.9. The van der Waals surface area contributed by atoms with Gasteiger partial charge in [0.2, 0.25) is 0 Å². The number of ether oxygens (including phenoxy) is 1. The third-order valence-electron chi connectivity index (χ3n) is 6.10. The van der Waals surface area contributed by atoms with Crippen LogP contribution < -0.4 is 21.5 Å². The van der Waals surface area contributed by atoms with Crippen LogP contribution in [0.5, 0.6) is 5.75 Å². The van der Waals surface area contributed by atoms with Gasteiger partial charge in [0.25, 0.3) is 5.91 Å². The maximum Gasteiger partial charge on any atom is 0.265 e. The van der Waals surface area contributed by atoms with Gasteiger partial charge in [-0.2, -0.15) is 0 Å². The average Bonchev–Trinajstić information content (AvgIpc) is 3.35. The molecule has 2 aromatic rings. The summed E-state index contributed by atoms with van der Waals surface area (Å²) in [6, 6.07) is 7.58. The number of benzene rings is 1. The Hall–Kier alpha value is -3.79. The number of hydrogen-bond donors (Lipinski definition) is 5. The lowest BCUT2D eigenvalue weighted by molar-refractivity contribution is 0.103. The second kappa shape index (κ2) is 10.0. The molecule has 4 rings (SSSR count). The first-order valence-corrected chi connectivity index (χ1v) is 11.9. The number of rotatable bonds is 5. The van der Waals surface area contributed by atoms with Crippen LogP contribution in [0.4, 0.5) is 5.69 Å². The van der Waals surface area contributed by atoms with E-state index in [4.69, 9.17) is 27.0 Å². The number of anilines is 1. The zero-order chi connectivity index (χ0) is 24.2. The Morgan fingerprint density at radius 1 is 1.03 bits per heavy atom. The molecule has 3 heterocycles. The van der Waals surface area contributed by atoms with Gasteiger partial charge in [-0.25, -0.2) is 0 Å². The van der Waals surface area contributed by atoms with E-state index in [1.54, 1.807) is 7.11 Å². The summed E-state index contributed by atoms with van der Waals surface area (Å²) < 4.78 is 5.60. The van der Waals surface area contributed by atoms with Gasteiger partial charge in [-0.3, -0.25) is 15.6 Å². The summed E-state index contributed by atoms with van der Waals surface area (Å²) >= 11 is 1.41. The molecule has 7 N–H and O–H groups in total. The van der Waals surface area contributed by atoms with Gasteiger partial charge in [-0.05, 0) is 53.1 Å². The molecule has 0 radical (unpaired) electrons. The highest BCUT2D eigenvalue weighted by Crippen LogP contribution is 2.33. The molecular weight excluding hydrogens is 450 g/mol. The van der Waals surface area contributed by atoms with Crippen LogP contribution in [0.1, 0.15) is 33.6 Å². The van der Waals surface area contributed by atoms with Crippen molar-refractivity contribution in [3.63, 3.8) is 0 Å². The van der Waals surface area contributed by atoms with E-state index in [0.29, 0.717) is 42.5 Å². The van der Waals surface area contributed by atoms with Gasteiger partial charge in [0.05, 0.1) is 12.0 Å². The molecule has 2 aliphatic heterocycles. The van der Waals surface area contributed by atoms with E-state index < -0.39 is 0 Å². The Labute approximate surface area is 202 Å². The molecule has 178 valence electrons. The highest BCUT2D eigenvalue weighted by molar-refractivity contribution is 7.12. The predicted molar refractivity (Wildman–Crippen MR) is 137 cm³/mol. The SMILES string of the molecule is COc1cc(NC(=O)c2cc(C3=CCN(C(=N)N)CC3)cs2)ccc1C1=CCN(C(=N)N)CC1. The molecule has 34 heavy (non-hydrogen) atoms. The van der Waals surface area contributed by atoms with Crippen molar-refractivity contribution in [2.45, 2.75) is 12.8 Å². The molecule has 0 aliphatic carbocycles. The van der Waals surface area contributed by atoms with Crippen LogP contribution in [0, 0.1) is 10.8 Å². The maximum absolute atomic E-state index is 12.9. The summed E-state index contributed by atoms with van der Waals surface area (Å²) in [6.07, 6.45) is 5.67. The first-order chi connectivity index (χ1) is 16.4. The fourth-order valence-electron chi connectivity index (χ4n) is 4.13. The van der Waals surface area contributed by atoms with Crippen molar-refractivity contribution in [1.82, 2.24) is 9.80 Å². The van der Waals surface area contributed by atoms with Crippen molar-refractivity contribution >= 4 is 46.0 Å². The molecule has 9 nitrogen and oxygen atoms in total. The molecule has 0 unspecified atom stereocenters. The Bertz CT molecular complexity index is 1180. The molecule has 0 atom stereocenters. The summed E-state index contributed by atoms with van der Waals surface area (Å²) in [4.78, 5) is 17.1. The predicted octanol–water partition coefficient (Wildman–Crippen LogP) is 2.97. The summed E-state index contributed by atoms with van der Waals surface area (Å²) in [7, 11) is 1.62. The van der Waals surface area contributed by atoms with Gasteiger partial charge in [0.1, 0.15) is 5.75 Å². The van der Waals surface area contributed by atoms with E-state index in [1.807, 2.05) is 39.4 Å². The quantitative estimate of drug-likeness (QED) is 0.329. The number of methoxy groups -OCH3 is 1. The lowest BCUT2D eigenvalue weighted by Crippen LogP contribution is -2.39. The van der Waals surface area contributed by atoms with Crippen LogP contribution in [-0.2, 0) is 0 Å². The number of amides is 1. The molecule has 1 aromatic carbocycles. The molecule has 10 heteroatoms. The standard InChI is InChI=1S/C24H29N7O2S/c1-33-20-13-18(2-3-19(20)16-6-10-31(11-7-16)24(27)28)29-22(32)21-12-17(14-34-21)15-4-8-30(9-5-15)23(25)26/h2-4,6,12-14H,5,7-11H2,1H3,(H3,25,26)(H3,27,28)(H,29,32). The topological polar surface area (TPSA) is 145 Å². The van der Waals surface area contributed by atoms with E-state index in [1.165, 1.54) is 16.9 Å². The van der Waals surface area contributed by atoms with Gasteiger partial charge in [-0.15, -0.1) is 11.3 Å². The minimum absolute atomic E-state index is 0.0786. The molecule has 0 fully saturated rings. The van der Waals surface area contributed by atoms with E-state index >= 15 is 0 Å². The third kappa shape index (κ3) is 5.07. The van der Waals surface area contributed by atoms with Crippen LogP contribution in [-0.4, -0.2) is 60.9 Å². The van der Waals surface area contributed by atoms with Crippen LogP contribution in [0.2, 0.25) is 0 Å². The van der Waals surface area contributed by atoms with E-state index in [0.717, 1.165) is 29.5 Å². The van der Waals surface area contributed by atoms with Crippen molar-refractivity contribution in [1.29, 1.82) is 10.8 Å². The number of hydrogen-bond acceptors (Lipinski definition) is 5. The van der Waals surface area contributed by atoms with Crippen molar-refractivity contribution in [2.24, 2.45) is 11.5 Å². The van der Waals surface area contributed by atoms with Crippen molar-refractivity contribution in [3.05, 3.63) is 57.8 Å². The highest BCUT2D eigenvalue weighted by atomic mass is 32.1. The molecule has 0 bridgehead atoms. The summed E-state index contributed by atoms with van der Waals surface area (Å²) in [5.74, 6) is 0.686. The number of carbonyl (C=O) groups excluding carboxylic acids is 1.